The first kappa shape index (κ1) is 16.5. The summed E-state index contributed by atoms with van der Waals surface area (Å²) in [4.78, 5) is 1.72. The summed E-state index contributed by atoms with van der Waals surface area (Å²) in [6.45, 7) is 8.01. The molecule has 0 radical (unpaired) electrons. The first-order valence-electron chi connectivity index (χ1n) is 7.39. The number of hydrogen-bond acceptors (Lipinski definition) is 3. The van der Waals surface area contributed by atoms with Crippen molar-refractivity contribution in [2.45, 2.75) is 19.0 Å². The highest BCUT2D eigenvalue weighted by atomic mass is 35.5. The molecule has 0 aliphatic carbocycles. The van der Waals surface area contributed by atoms with E-state index in [0.29, 0.717) is 34.1 Å². The van der Waals surface area contributed by atoms with E-state index in [0.717, 1.165) is 0 Å². The number of nitrogens with zero attached hydrogens (tertiary/aromatic N) is 3. The van der Waals surface area contributed by atoms with Crippen LogP contribution in [0.1, 0.15) is 17.3 Å². The number of nitrogens with two attached hydrogens (primary N) is 1. The quantitative estimate of drug-likeness (QED) is 0.909. The van der Waals surface area contributed by atoms with E-state index in [9.17, 15) is 8.78 Å². The van der Waals surface area contributed by atoms with E-state index in [1.165, 1.54) is 4.68 Å². The van der Waals surface area contributed by atoms with Crippen LogP contribution in [-0.2, 0) is 6.54 Å². The van der Waals surface area contributed by atoms with Gasteiger partial charge in [-0.2, -0.15) is 5.10 Å². The number of halogens is 3. The van der Waals surface area contributed by atoms with Gasteiger partial charge in [0.25, 0.3) is 6.43 Å². The average molecular weight is 351 g/mol. The van der Waals surface area contributed by atoms with Crippen LogP contribution >= 0.6 is 11.6 Å². The molecule has 0 saturated carbocycles. The fourth-order valence-electron chi connectivity index (χ4n) is 2.97. The van der Waals surface area contributed by atoms with Crippen molar-refractivity contribution in [1.82, 2.24) is 14.7 Å². The van der Waals surface area contributed by atoms with Crippen molar-refractivity contribution in [2.24, 2.45) is 5.73 Å². The number of fused-ring (bicyclic) bond motifs is 1. The van der Waals surface area contributed by atoms with Crippen LogP contribution in [0.5, 0.6) is 0 Å². The Bertz CT molecular complexity index is 800. The predicted molar refractivity (Wildman–Crippen MR) is 91.5 cm³/mol. The second kappa shape index (κ2) is 6.28. The molecule has 1 atom stereocenters. The summed E-state index contributed by atoms with van der Waals surface area (Å²) < 4.78 is 28.4. The standard InChI is InChI=1S/C17H17ClF2N4/c1-3-23-8-13-15(10(2)21)16(11-5-4-6-12(18)7-11)22-24(13)14(9-23)17(19)20/h3-7,14,17H,1-2,8-9,21H2. The molecule has 1 aromatic carbocycles. The minimum absolute atomic E-state index is 0.140. The van der Waals surface area contributed by atoms with E-state index in [1.54, 1.807) is 29.3 Å². The highest BCUT2D eigenvalue weighted by Crippen LogP contribution is 2.36. The number of hydrogen-bond donors (Lipinski definition) is 1. The highest BCUT2D eigenvalue weighted by molar-refractivity contribution is 6.30. The molecule has 0 bridgehead atoms. The normalized spacial score (nSPS) is 17.0. The molecule has 0 amide bonds. The predicted octanol–water partition coefficient (Wildman–Crippen LogP) is 3.90. The zero-order chi connectivity index (χ0) is 17.4. The molecule has 1 unspecified atom stereocenters. The maximum atomic E-state index is 13.5. The van der Waals surface area contributed by atoms with E-state index < -0.39 is 12.5 Å². The summed E-state index contributed by atoms with van der Waals surface area (Å²) in [5.74, 6) is 0. The van der Waals surface area contributed by atoms with Crippen LogP contribution in [0.2, 0.25) is 5.02 Å². The molecule has 1 aliphatic heterocycles. The van der Waals surface area contributed by atoms with Gasteiger partial charge in [-0.25, -0.2) is 8.78 Å². The Kier molecular flexibility index (Phi) is 4.32. The molecule has 0 spiro atoms. The van der Waals surface area contributed by atoms with Crippen LogP contribution in [0.3, 0.4) is 0 Å². The van der Waals surface area contributed by atoms with E-state index in [4.69, 9.17) is 17.3 Å². The van der Waals surface area contributed by atoms with E-state index in [-0.39, 0.29) is 12.2 Å². The van der Waals surface area contributed by atoms with Gasteiger partial charge in [-0.15, -0.1) is 0 Å². The van der Waals surface area contributed by atoms with Crippen LogP contribution in [0.15, 0.2) is 43.6 Å². The molecular formula is C17H17ClF2N4. The zero-order valence-electron chi connectivity index (χ0n) is 12.9. The topological polar surface area (TPSA) is 47.1 Å². The van der Waals surface area contributed by atoms with Gasteiger partial charge in [0.2, 0.25) is 0 Å². The molecule has 0 saturated heterocycles. The van der Waals surface area contributed by atoms with Gasteiger partial charge in [0, 0.05) is 28.4 Å². The summed E-state index contributed by atoms with van der Waals surface area (Å²) in [5.41, 5.74) is 8.64. The first-order valence-corrected chi connectivity index (χ1v) is 7.77. The summed E-state index contributed by atoms with van der Waals surface area (Å²) in [6, 6.07) is 5.98. The van der Waals surface area contributed by atoms with Gasteiger partial charge < -0.3 is 10.6 Å². The molecule has 1 aromatic heterocycles. The lowest BCUT2D eigenvalue weighted by Gasteiger charge is -2.33. The molecular weight excluding hydrogens is 334 g/mol. The van der Waals surface area contributed by atoms with Gasteiger partial charge in [0.05, 0.1) is 12.2 Å². The van der Waals surface area contributed by atoms with Crippen LogP contribution < -0.4 is 5.73 Å². The Labute approximate surface area is 143 Å². The van der Waals surface area contributed by atoms with E-state index in [2.05, 4.69) is 18.3 Å². The van der Waals surface area contributed by atoms with Crippen molar-refractivity contribution >= 4 is 17.3 Å². The van der Waals surface area contributed by atoms with Crippen LogP contribution in [0, 0.1) is 0 Å². The van der Waals surface area contributed by atoms with Crippen LogP contribution in [0.25, 0.3) is 17.0 Å². The number of aromatic nitrogens is 2. The Morgan fingerprint density at radius 3 is 2.79 bits per heavy atom. The summed E-state index contributed by atoms with van der Waals surface area (Å²) in [6.07, 6.45) is -1.01. The second-order valence-electron chi connectivity index (χ2n) is 5.66. The largest absolute Gasteiger partial charge is 0.399 e. The molecule has 4 nitrogen and oxygen atoms in total. The van der Waals surface area contributed by atoms with Crippen molar-refractivity contribution < 1.29 is 8.78 Å². The van der Waals surface area contributed by atoms with E-state index >= 15 is 0 Å². The van der Waals surface area contributed by atoms with Crippen molar-refractivity contribution in [2.75, 3.05) is 6.54 Å². The highest BCUT2D eigenvalue weighted by Gasteiger charge is 2.35. The Morgan fingerprint density at radius 2 is 2.21 bits per heavy atom. The molecule has 0 fully saturated rings. The lowest BCUT2D eigenvalue weighted by atomic mass is 10.0. The lowest BCUT2D eigenvalue weighted by Crippen LogP contribution is -2.38. The Morgan fingerprint density at radius 1 is 1.46 bits per heavy atom. The number of alkyl halides is 2. The summed E-state index contributed by atoms with van der Waals surface area (Å²) >= 11 is 6.05. The maximum absolute atomic E-state index is 13.5. The minimum Gasteiger partial charge on any atom is -0.399 e. The van der Waals surface area contributed by atoms with E-state index in [1.807, 2.05) is 6.07 Å². The van der Waals surface area contributed by atoms with Crippen LogP contribution in [0.4, 0.5) is 8.78 Å². The van der Waals surface area contributed by atoms with Crippen molar-refractivity contribution in [3.63, 3.8) is 0 Å². The van der Waals surface area contributed by atoms with Gasteiger partial charge in [0.15, 0.2) is 0 Å². The van der Waals surface area contributed by atoms with Crippen LogP contribution in [-0.4, -0.2) is 27.7 Å². The average Bonchev–Trinajstić information content (AvgIpc) is 2.93. The molecule has 7 heteroatoms. The SMILES string of the molecule is C=CN1Cc2c(C(=C)N)c(-c3cccc(Cl)c3)nn2C(C(F)F)C1. The fraction of sp³-hybridized carbons (Fsp3) is 0.235. The van der Waals surface area contributed by atoms with Gasteiger partial charge >= 0.3 is 0 Å². The Balaban J connectivity index is 2.22. The van der Waals surface area contributed by atoms with Gasteiger partial charge in [-0.3, -0.25) is 4.68 Å². The van der Waals surface area contributed by atoms with Crippen molar-refractivity contribution in [3.05, 3.63) is 59.9 Å². The third-order valence-corrected chi connectivity index (χ3v) is 4.30. The molecule has 2 N–H and O–H groups in total. The third kappa shape index (κ3) is 2.78. The van der Waals surface area contributed by atoms with Gasteiger partial charge in [0.1, 0.15) is 11.7 Å². The summed E-state index contributed by atoms with van der Waals surface area (Å²) in [7, 11) is 0. The maximum Gasteiger partial charge on any atom is 0.262 e. The lowest BCUT2D eigenvalue weighted by molar-refractivity contribution is 0.0457. The molecule has 3 rings (SSSR count). The van der Waals surface area contributed by atoms with Crippen molar-refractivity contribution in [3.8, 4) is 11.3 Å². The monoisotopic (exact) mass is 350 g/mol. The molecule has 126 valence electrons. The molecule has 24 heavy (non-hydrogen) atoms. The smallest absolute Gasteiger partial charge is 0.262 e. The first-order chi connectivity index (χ1) is 11.4. The third-order valence-electron chi connectivity index (χ3n) is 4.07. The number of rotatable bonds is 4. The molecule has 2 aromatic rings. The Hall–Kier alpha value is -2.34. The zero-order valence-corrected chi connectivity index (χ0v) is 13.7. The van der Waals surface area contributed by atoms with Gasteiger partial charge in [-0.05, 0) is 18.3 Å². The molecule has 2 heterocycles. The second-order valence-corrected chi connectivity index (χ2v) is 6.10. The molecule has 1 aliphatic rings. The number of benzene rings is 1. The minimum atomic E-state index is -2.56. The van der Waals surface area contributed by atoms with Gasteiger partial charge in [-0.1, -0.05) is 36.9 Å². The fourth-order valence-corrected chi connectivity index (χ4v) is 3.16. The summed E-state index contributed by atoms with van der Waals surface area (Å²) in [5, 5.41) is 4.96. The van der Waals surface area contributed by atoms with Crippen molar-refractivity contribution in [1.29, 1.82) is 0 Å².